The minimum absolute atomic E-state index is 0.207. The van der Waals surface area contributed by atoms with Crippen molar-refractivity contribution in [1.82, 2.24) is 24.5 Å². The van der Waals surface area contributed by atoms with E-state index in [2.05, 4.69) is 58.1 Å². The summed E-state index contributed by atoms with van der Waals surface area (Å²) in [6.45, 7) is 10.7. The van der Waals surface area contributed by atoms with E-state index in [1.165, 1.54) is 17.6 Å². The second-order valence-corrected chi connectivity index (χ2v) is 7.95. The van der Waals surface area contributed by atoms with Crippen molar-refractivity contribution in [1.29, 1.82) is 0 Å². The van der Waals surface area contributed by atoms with Gasteiger partial charge in [0, 0.05) is 49.2 Å². The molecule has 0 unspecified atom stereocenters. The Hall–Kier alpha value is -2.96. The molecule has 4 rings (SSSR count). The zero-order chi connectivity index (χ0) is 20.5. The molecule has 1 fully saturated rings. The summed E-state index contributed by atoms with van der Waals surface area (Å²) in [5.74, 6) is 0.814. The molecule has 1 saturated heterocycles. The molecule has 0 aliphatic carbocycles. The molecule has 0 spiro atoms. The smallest absolute Gasteiger partial charge is 0.252 e. The molecule has 7 nitrogen and oxygen atoms in total. The van der Waals surface area contributed by atoms with Crippen LogP contribution in [0.1, 0.15) is 35.9 Å². The Labute approximate surface area is 171 Å². The molecule has 2 aromatic heterocycles. The van der Waals surface area contributed by atoms with E-state index < -0.39 is 0 Å². The van der Waals surface area contributed by atoms with Gasteiger partial charge in [-0.1, -0.05) is 12.1 Å². The first-order valence-corrected chi connectivity index (χ1v) is 10.2. The van der Waals surface area contributed by atoms with Gasteiger partial charge in [-0.15, -0.1) is 0 Å². The van der Waals surface area contributed by atoms with Crippen LogP contribution in [0.15, 0.2) is 30.6 Å². The predicted molar refractivity (Wildman–Crippen MR) is 113 cm³/mol. The Bertz CT molecular complexity index is 1040. The topological polar surface area (TPSA) is 66.6 Å². The number of aromatic nitrogens is 4. The Balaban J connectivity index is 1.40. The van der Waals surface area contributed by atoms with Crippen LogP contribution in [0, 0.1) is 20.8 Å². The van der Waals surface area contributed by atoms with Crippen molar-refractivity contribution in [2.75, 3.05) is 24.5 Å². The number of benzene rings is 1. The van der Waals surface area contributed by atoms with E-state index in [1.807, 2.05) is 18.7 Å². The van der Waals surface area contributed by atoms with Gasteiger partial charge in [-0.3, -0.25) is 4.79 Å². The summed E-state index contributed by atoms with van der Waals surface area (Å²) in [5.41, 5.74) is 5.52. The standard InChI is InChI=1S/C22H28N6O/c1-15-6-5-7-19(12-15)27-11-10-26(13-16(27)2)21(29)9-8-20-17(3)25-22-23-14-24-28(22)18(20)4/h5-7,12,14,16H,8-11,13H2,1-4H3/t16-/m1/s1. The lowest BCUT2D eigenvalue weighted by Gasteiger charge is -2.41. The number of carbonyl (C=O) groups excluding carboxylic acids is 1. The zero-order valence-corrected chi connectivity index (χ0v) is 17.6. The largest absolute Gasteiger partial charge is 0.365 e. The molecule has 3 aromatic rings. The summed E-state index contributed by atoms with van der Waals surface area (Å²) < 4.78 is 1.75. The van der Waals surface area contributed by atoms with E-state index in [9.17, 15) is 4.79 Å². The number of anilines is 1. The fourth-order valence-corrected chi connectivity index (χ4v) is 4.28. The van der Waals surface area contributed by atoms with Gasteiger partial charge in [0.25, 0.3) is 5.78 Å². The fraction of sp³-hybridized carbons (Fsp3) is 0.455. The summed E-state index contributed by atoms with van der Waals surface area (Å²) in [5, 5.41) is 4.23. The summed E-state index contributed by atoms with van der Waals surface area (Å²) in [6, 6.07) is 8.88. The quantitative estimate of drug-likeness (QED) is 0.683. The van der Waals surface area contributed by atoms with Crippen molar-refractivity contribution in [3.8, 4) is 0 Å². The minimum atomic E-state index is 0.207. The van der Waals surface area contributed by atoms with Crippen molar-refractivity contribution >= 4 is 17.4 Å². The number of hydrogen-bond acceptors (Lipinski definition) is 5. The fourth-order valence-electron chi connectivity index (χ4n) is 4.28. The Morgan fingerprint density at radius 1 is 1.21 bits per heavy atom. The molecule has 3 heterocycles. The molecule has 1 amide bonds. The number of hydrogen-bond donors (Lipinski definition) is 0. The van der Waals surface area contributed by atoms with Crippen molar-refractivity contribution < 1.29 is 4.79 Å². The monoisotopic (exact) mass is 392 g/mol. The maximum Gasteiger partial charge on any atom is 0.252 e. The average molecular weight is 393 g/mol. The summed E-state index contributed by atoms with van der Waals surface area (Å²) in [4.78, 5) is 26.0. The van der Waals surface area contributed by atoms with Gasteiger partial charge < -0.3 is 9.80 Å². The van der Waals surface area contributed by atoms with Crippen molar-refractivity contribution in [2.24, 2.45) is 0 Å². The Morgan fingerprint density at radius 3 is 2.79 bits per heavy atom. The SMILES string of the molecule is Cc1cccc(N2CCN(C(=O)CCc3c(C)nc4ncnn4c3C)C[C@H]2C)c1. The number of carbonyl (C=O) groups is 1. The van der Waals surface area contributed by atoms with Crippen LogP contribution in [-0.2, 0) is 11.2 Å². The molecular formula is C22H28N6O. The van der Waals surface area contributed by atoms with Gasteiger partial charge in [-0.25, -0.2) is 9.50 Å². The number of nitrogens with zero attached hydrogens (tertiary/aromatic N) is 6. The van der Waals surface area contributed by atoms with E-state index >= 15 is 0 Å². The molecule has 0 bridgehead atoms. The van der Waals surface area contributed by atoms with Crippen molar-refractivity contribution in [3.63, 3.8) is 0 Å². The molecule has 152 valence electrons. The lowest BCUT2D eigenvalue weighted by Crippen LogP contribution is -2.53. The third kappa shape index (κ3) is 3.81. The van der Waals surface area contributed by atoms with Gasteiger partial charge in [0.2, 0.25) is 5.91 Å². The van der Waals surface area contributed by atoms with Crippen LogP contribution >= 0.6 is 0 Å². The molecule has 7 heteroatoms. The molecule has 1 aliphatic heterocycles. The Morgan fingerprint density at radius 2 is 2.03 bits per heavy atom. The highest BCUT2D eigenvalue weighted by Crippen LogP contribution is 2.22. The Kier molecular flexibility index (Phi) is 5.22. The maximum atomic E-state index is 12.9. The molecule has 0 N–H and O–H groups in total. The van der Waals surface area contributed by atoms with E-state index in [1.54, 1.807) is 4.52 Å². The van der Waals surface area contributed by atoms with Crippen LogP contribution < -0.4 is 4.90 Å². The molecular weight excluding hydrogens is 364 g/mol. The van der Waals surface area contributed by atoms with Crippen LogP contribution in [0.3, 0.4) is 0 Å². The van der Waals surface area contributed by atoms with Crippen LogP contribution in [0.2, 0.25) is 0 Å². The summed E-state index contributed by atoms with van der Waals surface area (Å²) in [6.07, 6.45) is 2.67. The number of fused-ring (bicyclic) bond motifs is 1. The normalized spacial score (nSPS) is 17.2. The summed E-state index contributed by atoms with van der Waals surface area (Å²) in [7, 11) is 0. The van der Waals surface area contributed by atoms with Gasteiger partial charge in [-0.05, 0) is 57.4 Å². The van der Waals surface area contributed by atoms with E-state index in [4.69, 9.17) is 0 Å². The first-order chi connectivity index (χ1) is 13.9. The molecule has 29 heavy (non-hydrogen) atoms. The predicted octanol–water partition coefficient (Wildman–Crippen LogP) is 2.72. The molecule has 1 atom stereocenters. The van der Waals surface area contributed by atoms with Gasteiger partial charge in [0.05, 0.1) is 0 Å². The highest BCUT2D eigenvalue weighted by atomic mass is 16.2. The summed E-state index contributed by atoms with van der Waals surface area (Å²) >= 11 is 0. The van der Waals surface area contributed by atoms with E-state index in [-0.39, 0.29) is 5.91 Å². The van der Waals surface area contributed by atoms with E-state index in [0.717, 1.165) is 36.6 Å². The van der Waals surface area contributed by atoms with Crippen LogP contribution in [0.4, 0.5) is 5.69 Å². The van der Waals surface area contributed by atoms with Gasteiger partial charge in [0.1, 0.15) is 6.33 Å². The van der Waals surface area contributed by atoms with Crippen LogP contribution in [-0.4, -0.2) is 56.1 Å². The third-order valence-corrected chi connectivity index (χ3v) is 5.89. The van der Waals surface area contributed by atoms with Gasteiger partial charge >= 0.3 is 0 Å². The molecule has 1 aliphatic rings. The van der Waals surface area contributed by atoms with Crippen molar-refractivity contribution in [2.45, 2.75) is 46.6 Å². The first-order valence-electron chi connectivity index (χ1n) is 10.2. The number of piperazine rings is 1. The second-order valence-electron chi connectivity index (χ2n) is 7.95. The van der Waals surface area contributed by atoms with Gasteiger partial charge in [0.15, 0.2) is 0 Å². The molecule has 1 aromatic carbocycles. The highest BCUT2D eigenvalue weighted by molar-refractivity contribution is 5.77. The van der Waals surface area contributed by atoms with Crippen LogP contribution in [0.25, 0.3) is 5.78 Å². The molecule has 0 saturated carbocycles. The first kappa shape index (κ1) is 19.4. The van der Waals surface area contributed by atoms with Crippen molar-refractivity contribution in [3.05, 3.63) is 53.1 Å². The highest BCUT2D eigenvalue weighted by Gasteiger charge is 2.27. The van der Waals surface area contributed by atoms with Crippen LogP contribution in [0.5, 0.6) is 0 Å². The third-order valence-electron chi connectivity index (χ3n) is 5.89. The van der Waals surface area contributed by atoms with E-state index in [0.29, 0.717) is 24.7 Å². The maximum absolute atomic E-state index is 12.9. The second kappa shape index (κ2) is 7.81. The lowest BCUT2D eigenvalue weighted by molar-refractivity contribution is -0.131. The van der Waals surface area contributed by atoms with Gasteiger partial charge in [-0.2, -0.15) is 10.1 Å². The number of rotatable bonds is 4. The number of aryl methyl sites for hydroxylation is 3. The minimum Gasteiger partial charge on any atom is -0.365 e. The zero-order valence-electron chi connectivity index (χ0n) is 17.6. The average Bonchev–Trinajstić information content (AvgIpc) is 3.16. The molecule has 0 radical (unpaired) electrons. The lowest BCUT2D eigenvalue weighted by atomic mass is 10.1. The number of amides is 1.